The van der Waals surface area contributed by atoms with Crippen molar-refractivity contribution in [3.63, 3.8) is 0 Å². The van der Waals surface area contributed by atoms with Crippen LogP contribution in [0.25, 0.3) is 0 Å². The fourth-order valence-electron chi connectivity index (χ4n) is 2.06. The molecule has 0 aromatic heterocycles. The SMILES string of the molecule is C[Si](C)(C)Oc1ccc(Cl)cc1N1CCNCC1. The highest BCUT2D eigenvalue weighted by Gasteiger charge is 2.21. The van der Waals surface area contributed by atoms with E-state index in [1.807, 2.05) is 18.2 Å². The molecule has 1 aliphatic heterocycles. The van der Waals surface area contributed by atoms with Crippen LogP contribution in [-0.4, -0.2) is 34.5 Å². The van der Waals surface area contributed by atoms with Gasteiger partial charge in [-0.3, -0.25) is 0 Å². The molecule has 1 aliphatic rings. The van der Waals surface area contributed by atoms with Crippen molar-refractivity contribution in [2.45, 2.75) is 19.6 Å². The molecule has 1 aromatic rings. The minimum Gasteiger partial charge on any atom is -0.543 e. The molecule has 18 heavy (non-hydrogen) atoms. The Hall–Kier alpha value is -0.713. The molecule has 100 valence electrons. The molecule has 0 saturated carbocycles. The molecule has 3 nitrogen and oxygen atoms in total. The first-order chi connectivity index (χ1) is 8.46. The third-order valence-electron chi connectivity index (χ3n) is 2.79. The Morgan fingerprint density at radius 2 is 1.89 bits per heavy atom. The van der Waals surface area contributed by atoms with Crippen molar-refractivity contribution in [1.82, 2.24) is 5.32 Å². The van der Waals surface area contributed by atoms with Crippen LogP contribution >= 0.6 is 11.6 Å². The molecular weight excluding hydrogens is 264 g/mol. The van der Waals surface area contributed by atoms with E-state index in [0.29, 0.717) is 0 Å². The van der Waals surface area contributed by atoms with Gasteiger partial charge in [0.25, 0.3) is 0 Å². The van der Waals surface area contributed by atoms with Crippen molar-refractivity contribution < 1.29 is 4.43 Å². The van der Waals surface area contributed by atoms with Gasteiger partial charge < -0.3 is 14.6 Å². The largest absolute Gasteiger partial charge is 0.543 e. The average molecular weight is 285 g/mol. The number of benzene rings is 1. The van der Waals surface area contributed by atoms with E-state index in [2.05, 4.69) is 29.9 Å². The van der Waals surface area contributed by atoms with E-state index < -0.39 is 8.32 Å². The molecule has 1 heterocycles. The maximum absolute atomic E-state index is 6.16. The molecule has 0 unspecified atom stereocenters. The monoisotopic (exact) mass is 284 g/mol. The molecular formula is C13H21ClN2OSi. The minimum atomic E-state index is -1.60. The Balaban J connectivity index is 2.28. The second-order valence-corrected chi connectivity index (χ2v) is 10.4. The summed E-state index contributed by atoms with van der Waals surface area (Å²) in [7, 11) is -1.60. The molecule has 5 heteroatoms. The number of nitrogens with zero attached hydrogens (tertiary/aromatic N) is 1. The number of rotatable bonds is 3. The van der Waals surface area contributed by atoms with Gasteiger partial charge in [0.05, 0.1) is 5.69 Å². The van der Waals surface area contributed by atoms with E-state index in [1.54, 1.807) is 0 Å². The summed E-state index contributed by atoms with van der Waals surface area (Å²) in [5.74, 6) is 0.973. The maximum atomic E-state index is 6.16. The number of halogens is 1. The number of piperazine rings is 1. The van der Waals surface area contributed by atoms with Gasteiger partial charge in [0.15, 0.2) is 0 Å². The second kappa shape index (κ2) is 5.51. The molecule has 0 amide bonds. The Kier molecular flexibility index (Phi) is 4.20. The van der Waals surface area contributed by atoms with Gasteiger partial charge in [-0.05, 0) is 37.8 Å². The van der Waals surface area contributed by atoms with E-state index in [1.165, 1.54) is 0 Å². The second-order valence-electron chi connectivity index (χ2n) is 5.56. The highest BCUT2D eigenvalue weighted by atomic mass is 35.5. The lowest BCUT2D eigenvalue weighted by atomic mass is 10.2. The number of anilines is 1. The zero-order chi connectivity index (χ0) is 13.2. The molecule has 0 aliphatic carbocycles. The van der Waals surface area contributed by atoms with Crippen molar-refractivity contribution in [1.29, 1.82) is 0 Å². The molecule has 0 bridgehead atoms. The Morgan fingerprint density at radius 1 is 1.22 bits per heavy atom. The normalized spacial score (nSPS) is 16.8. The van der Waals surface area contributed by atoms with Crippen LogP contribution in [0.15, 0.2) is 18.2 Å². The summed E-state index contributed by atoms with van der Waals surface area (Å²) in [5, 5.41) is 4.13. The highest BCUT2D eigenvalue weighted by molar-refractivity contribution is 6.70. The van der Waals surface area contributed by atoms with Gasteiger partial charge in [0.1, 0.15) is 5.75 Å². The van der Waals surface area contributed by atoms with Gasteiger partial charge in [-0.25, -0.2) is 0 Å². The molecule has 2 rings (SSSR count). The predicted molar refractivity (Wildman–Crippen MR) is 80.5 cm³/mol. The fraction of sp³-hybridized carbons (Fsp3) is 0.538. The van der Waals surface area contributed by atoms with Crippen LogP contribution in [0.1, 0.15) is 0 Å². The molecule has 0 atom stereocenters. The molecule has 1 fully saturated rings. The summed E-state index contributed by atoms with van der Waals surface area (Å²) in [4.78, 5) is 2.35. The Bertz CT molecular complexity index is 414. The first-order valence-corrected chi connectivity index (χ1v) is 10.2. The summed E-state index contributed by atoms with van der Waals surface area (Å²) >= 11 is 6.12. The van der Waals surface area contributed by atoms with Crippen molar-refractivity contribution in [3.05, 3.63) is 23.2 Å². The van der Waals surface area contributed by atoms with Crippen LogP contribution < -0.4 is 14.6 Å². The lowest BCUT2D eigenvalue weighted by Crippen LogP contribution is -2.44. The lowest BCUT2D eigenvalue weighted by molar-refractivity contribution is 0.542. The van der Waals surface area contributed by atoms with E-state index in [-0.39, 0.29) is 0 Å². The van der Waals surface area contributed by atoms with Crippen LogP contribution in [0.3, 0.4) is 0 Å². The third-order valence-corrected chi connectivity index (χ3v) is 3.86. The Morgan fingerprint density at radius 3 is 2.50 bits per heavy atom. The number of hydrogen-bond donors (Lipinski definition) is 1. The molecule has 1 aromatic carbocycles. The first kappa shape index (κ1) is 13.7. The summed E-state index contributed by atoms with van der Waals surface area (Å²) < 4.78 is 6.16. The fourth-order valence-corrected chi connectivity index (χ4v) is 3.06. The van der Waals surface area contributed by atoms with Crippen LogP contribution in [0.4, 0.5) is 5.69 Å². The zero-order valence-corrected chi connectivity index (χ0v) is 13.0. The van der Waals surface area contributed by atoms with E-state index >= 15 is 0 Å². The van der Waals surface area contributed by atoms with Crippen LogP contribution in [0, 0.1) is 0 Å². The lowest BCUT2D eigenvalue weighted by Gasteiger charge is -2.32. The molecule has 0 radical (unpaired) electrons. The average Bonchev–Trinajstić information content (AvgIpc) is 2.31. The first-order valence-electron chi connectivity index (χ1n) is 6.40. The van der Waals surface area contributed by atoms with E-state index in [9.17, 15) is 0 Å². The number of hydrogen-bond acceptors (Lipinski definition) is 3. The van der Waals surface area contributed by atoms with Gasteiger partial charge >= 0.3 is 0 Å². The van der Waals surface area contributed by atoms with Crippen molar-refractivity contribution >= 4 is 25.6 Å². The quantitative estimate of drug-likeness (QED) is 0.864. The summed E-state index contributed by atoms with van der Waals surface area (Å²) in [6.45, 7) is 10.6. The predicted octanol–water partition coefficient (Wildman–Crippen LogP) is 2.96. The summed E-state index contributed by atoms with van der Waals surface area (Å²) in [5.41, 5.74) is 1.13. The smallest absolute Gasteiger partial charge is 0.242 e. The van der Waals surface area contributed by atoms with E-state index in [0.717, 1.165) is 42.6 Å². The number of nitrogens with one attached hydrogen (secondary N) is 1. The summed E-state index contributed by atoms with van der Waals surface area (Å²) in [6, 6.07) is 5.92. The van der Waals surface area contributed by atoms with Gasteiger partial charge in [-0.2, -0.15) is 0 Å². The highest BCUT2D eigenvalue weighted by Crippen LogP contribution is 2.33. The van der Waals surface area contributed by atoms with Crippen molar-refractivity contribution in [3.8, 4) is 5.75 Å². The van der Waals surface area contributed by atoms with Gasteiger partial charge in [-0.15, -0.1) is 0 Å². The minimum absolute atomic E-state index is 0.770. The standard InChI is InChI=1S/C13H21ClN2OSi/c1-18(2,3)17-13-5-4-11(14)10-12(13)16-8-6-15-7-9-16/h4-5,10,15H,6-9H2,1-3H3. The Labute approximate surface area is 115 Å². The third kappa shape index (κ3) is 3.64. The molecule has 1 saturated heterocycles. The summed E-state index contributed by atoms with van der Waals surface area (Å²) in [6.07, 6.45) is 0. The van der Waals surface area contributed by atoms with Gasteiger partial charge in [-0.1, -0.05) is 11.6 Å². The zero-order valence-electron chi connectivity index (χ0n) is 11.3. The van der Waals surface area contributed by atoms with Crippen molar-refractivity contribution in [2.75, 3.05) is 31.1 Å². The van der Waals surface area contributed by atoms with Gasteiger partial charge in [0.2, 0.25) is 8.32 Å². The molecule has 0 spiro atoms. The van der Waals surface area contributed by atoms with Crippen LogP contribution in [-0.2, 0) is 0 Å². The van der Waals surface area contributed by atoms with Gasteiger partial charge in [0, 0.05) is 31.2 Å². The van der Waals surface area contributed by atoms with Crippen LogP contribution in [0.5, 0.6) is 5.75 Å². The topological polar surface area (TPSA) is 24.5 Å². The van der Waals surface area contributed by atoms with Crippen molar-refractivity contribution in [2.24, 2.45) is 0 Å². The molecule has 1 N–H and O–H groups in total. The van der Waals surface area contributed by atoms with E-state index in [4.69, 9.17) is 16.0 Å². The maximum Gasteiger partial charge on any atom is 0.242 e. The van der Waals surface area contributed by atoms with Crippen LogP contribution in [0.2, 0.25) is 24.7 Å².